The first-order chi connectivity index (χ1) is 9.99. The van der Waals surface area contributed by atoms with Gasteiger partial charge in [0.2, 0.25) is 0 Å². The largest absolute Gasteiger partial charge is 0.492 e. The Morgan fingerprint density at radius 3 is 2.76 bits per heavy atom. The summed E-state index contributed by atoms with van der Waals surface area (Å²) in [6.45, 7) is 1.71. The summed E-state index contributed by atoms with van der Waals surface area (Å²) < 4.78 is 7.32. The lowest BCUT2D eigenvalue weighted by molar-refractivity contribution is -0.384. The SMILES string of the molecule is CC(=O)c1cc([N+](=O)[O-])ccc1OCCc1ccnn1C. The van der Waals surface area contributed by atoms with Gasteiger partial charge in [0, 0.05) is 37.5 Å². The number of benzene rings is 1. The number of ether oxygens (including phenoxy) is 1. The van der Waals surface area contributed by atoms with E-state index in [4.69, 9.17) is 4.74 Å². The molecule has 0 aliphatic rings. The lowest BCUT2D eigenvalue weighted by Crippen LogP contribution is -2.08. The molecule has 2 aromatic rings. The molecule has 0 atom stereocenters. The van der Waals surface area contributed by atoms with Gasteiger partial charge in [0.15, 0.2) is 5.78 Å². The van der Waals surface area contributed by atoms with Gasteiger partial charge in [-0.25, -0.2) is 0 Å². The zero-order valence-electron chi connectivity index (χ0n) is 11.8. The van der Waals surface area contributed by atoms with Crippen molar-refractivity contribution in [3.8, 4) is 5.75 Å². The summed E-state index contributed by atoms with van der Waals surface area (Å²) in [7, 11) is 1.84. The molecule has 0 aliphatic heterocycles. The van der Waals surface area contributed by atoms with E-state index >= 15 is 0 Å². The van der Waals surface area contributed by atoms with Gasteiger partial charge in [0.25, 0.3) is 5.69 Å². The highest BCUT2D eigenvalue weighted by Gasteiger charge is 2.15. The fraction of sp³-hybridized carbons (Fsp3) is 0.286. The van der Waals surface area contributed by atoms with E-state index in [1.165, 1.54) is 25.1 Å². The van der Waals surface area contributed by atoms with Crippen molar-refractivity contribution in [3.05, 3.63) is 51.8 Å². The van der Waals surface area contributed by atoms with E-state index in [1.807, 2.05) is 13.1 Å². The number of aromatic nitrogens is 2. The first kappa shape index (κ1) is 14.7. The Morgan fingerprint density at radius 1 is 1.43 bits per heavy atom. The Kier molecular flexibility index (Phi) is 4.32. The monoisotopic (exact) mass is 289 g/mol. The molecule has 0 amide bonds. The normalized spacial score (nSPS) is 10.4. The first-order valence-electron chi connectivity index (χ1n) is 6.38. The molecule has 21 heavy (non-hydrogen) atoms. The van der Waals surface area contributed by atoms with Gasteiger partial charge in [0.05, 0.1) is 17.1 Å². The van der Waals surface area contributed by atoms with Gasteiger partial charge in [-0.2, -0.15) is 5.10 Å². The average molecular weight is 289 g/mol. The lowest BCUT2D eigenvalue weighted by atomic mass is 10.1. The molecule has 7 heteroatoms. The van der Waals surface area contributed by atoms with Gasteiger partial charge in [-0.05, 0) is 19.1 Å². The maximum Gasteiger partial charge on any atom is 0.270 e. The van der Waals surface area contributed by atoms with Crippen LogP contribution < -0.4 is 4.74 Å². The summed E-state index contributed by atoms with van der Waals surface area (Å²) in [5.41, 5.74) is 1.09. The highest BCUT2D eigenvalue weighted by molar-refractivity contribution is 5.97. The number of rotatable bonds is 6. The van der Waals surface area contributed by atoms with Gasteiger partial charge in [-0.3, -0.25) is 19.6 Å². The van der Waals surface area contributed by atoms with Crippen molar-refractivity contribution in [2.45, 2.75) is 13.3 Å². The molecule has 0 saturated heterocycles. The standard InChI is InChI=1S/C14H15N3O4/c1-10(18)13-9-12(17(19)20)3-4-14(13)21-8-6-11-5-7-15-16(11)2/h3-5,7,9H,6,8H2,1-2H3. The lowest BCUT2D eigenvalue weighted by Gasteiger charge is -2.09. The van der Waals surface area contributed by atoms with Crippen LogP contribution in [0.1, 0.15) is 23.0 Å². The Hall–Kier alpha value is -2.70. The van der Waals surface area contributed by atoms with Crippen LogP contribution in [0.15, 0.2) is 30.5 Å². The van der Waals surface area contributed by atoms with Crippen molar-refractivity contribution >= 4 is 11.5 Å². The van der Waals surface area contributed by atoms with Gasteiger partial charge >= 0.3 is 0 Å². The van der Waals surface area contributed by atoms with E-state index in [0.29, 0.717) is 18.8 Å². The molecule has 1 heterocycles. The van der Waals surface area contributed by atoms with E-state index in [-0.39, 0.29) is 17.0 Å². The molecular formula is C14H15N3O4. The van der Waals surface area contributed by atoms with E-state index in [2.05, 4.69) is 5.10 Å². The van der Waals surface area contributed by atoms with Crippen molar-refractivity contribution in [3.63, 3.8) is 0 Å². The molecule has 2 rings (SSSR count). The zero-order valence-corrected chi connectivity index (χ0v) is 11.8. The minimum atomic E-state index is -0.536. The topological polar surface area (TPSA) is 87.3 Å². The second kappa shape index (κ2) is 6.17. The van der Waals surface area contributed by atoms with Crippen LogP contribution in [0.25, 0.3) is 0 Å². The number of carbonyl (C=O) groups is 1. The molecule has 0 spiro atoms. The number of hydrogen-bond acceptors (Lipinski definition) is 5. The predicted octanol–water partition coefficient (Wildman–Crippen LogP) is 2.15. The van der Waals surface area contributed by atoms with Crippen LogP contribution >= 0.6 is 0 Å². The number of nitro benzene ring substituents is 1. The Balaban J connectivity index is 2.10. The third-order valence-electron chi connectivity index (χ3n) is 3.09. The minimum absolute atomic E-state index is 0.126. The summed E-state index contributed by atoms with van der Waals surface area (Å²) in [6, 6.07) is 5.90. The molecule has 7 nitrogen and oxygen atoms in total. The third-order valence-corrected chi connectivity index (χ3v) is 3.09. The Labute approximate surface area is 121 Å². The Morgan fingerprint density at radius 2 is 2.19 bits per heavy atom. The minimum Gasteiger partial charge on any atom is -0.492 e. The molecule has 1 aromatic carbocycles. The maximum absolute atomic E-state index is 11.6. The van der Waals surface area contributed by atoms with Gasteiger partial charge in [0.1, 0.15) is 5.75 Å². The first-order valence-corrected chi connectivity index (χ1v) is 6.38. The summed E-state index contributed by atoms with van der Waals surface area (Å²) in [5, 5.41) is 14.8. The fourth-order valence-electron chi connectivity index (χ4n) is 1.94. The number of ketones is 1. The van der Waals surface area contributed by atoms with Crippen LogP contribution in [0.3, 0.4) is 0 Å². The van der Waals surface area contributed by atoms with Crippen LogP contribution in [0.5, 0.6) is 5.75 Å². The van der Waals surface area contributed by atoms with Crippen molar-refractivity contribution in [1.29, 1.82) is 0 Å². The van der Waals surface area contributed by atoms with Gasteiger partial charge in [-0.15, -0.1) is 0 Å². The molecule has 0 aliphatic carbocycles. The number of non-ortho nitro benzene ring substituents is 1. The van der Waals surface area contributed by atoms with Crippen molar-refractivity contribution < 1.29 is 14.5 Å². The average Bonchev–Trinajstić information content (AvgIpc) is 2.84. The molecule has 0 bridgehead atoms. The molecule has 0 N–H and O–H groups in total. The number of aryl methyl sites for hydroxylation is 1. The summed E-state index contributed by atoms with van der Waals surface area (Å²) in [6.07, 6.45) is 2.33. The van der Waals surface area contributed by atoms with Gasteiger partial charge in [-0.1, -0.05) is 0 Å². The maximum atomic E-state index is 11.6. The highest BCUT2D eigenvalue weighted by atomic mass is 16.6. The van der Waals surface area contributed by atoms with Crippen LogP contribution in [0.4, 0.5) is 5.69 Å². The third kappa shape index (κ3) is 3.44. The molecule has 0 unspecified atom stereocenters. The van der Waals surface area contributed by atoms with Crippen molar-refractivity contribution in [2.24, 2.45) is 7.05 Å². The van der Waals surface area contributed by atoms with E-state index in [1.54, 1.807) is 10.9 Å². The van der Waals surface area contributed by atoms with Crippen LogP contribution in [0.2, 0.25) is 0 Å². The van der Waals surface area contributed by atoms with Crippen LogP contribution in [-0.4, -0.2) is 27.1 Å². The predicted molar refractivity (Wildman–Crippen MR) is 75.5 cm³/mol. The molecule has 0 saturated carbocycles. The molecular weight excluding hydrogens is 274 g/mol. The zero-order chi connectivity index (χ0) is 15.4. The number of nitrogens with zero attached hydrogens (tertiary/aromatic N) is 3. The fourth-order valence-corrected chi connectivity index (χ4v) is 1.94. The number of carbonyl (C=O) groups excluding carboxylic acids is 1. The summed E-state index contributed by atoms with van der Waals surface area (Å²) in [5.74, 6) is 0.0875. The second-order valence-electron chi connectivity index (χ2n) is 4.54. The summed E-state index contributed by atoms with van der Waals surface area (Å²) in [4.78, 5) is 21.8. The van der Waals surface area contributed by atoms with Gasteiger partial charge < -0.3 is 4.74 Å². The van der Waals surface area contributed by atoms with Crippen LogP contribution in [-0.2, 0) is 13.5 Å². The quantitative estimate of drug-likeness (QED) is 0.462. The Bertz CT molecular complexity index is 679. The van der Waals surface area contributed by atoms with E-state index in [0.717, 1.165) is 5.69 Å². The van der Waals surface area contributed by atoms with E-state index < -0.39 is 4.92 Å². The molecule has 0 radical (unpaired) electrons. The summed E-state index contributed by atoms with van der Waals surface area (Å²) >= 11 is 0. The highest BCUT2D eigenvalue weighted by Crippen LogP contribution is 2.24. The molecule has 1 aromatic heterocycles. The smallest absolute Gasteiger partial charge is 0.270 e. The number of Topliss-reactive ketones (excluding diaryl/α,β-unsaturated/α-hetero) is 1. The number of hydrogen-bond donors (Lipinski definition) is 0. The van der Waals surface area contributed by atoms with Crippen LogP contribution in [0, 0.1) is 10.1 Å². The molecule has 0 fully saturated rings. The van der Waals surface area contributed by atoms with E-state index in [9.17, 15) is 14.9 Å². The van der Waals surface area contributed by atoms with Crippen molar-refractivity contribution in [1.82, 2.24) is 9.78 Å². The number of nitro groups is 1. The van der Waals surface area contributed by atoms with Crippen molar-refractivity contribution in [2.75, 3.05) is 6.61 Å². The second-order valence-corrected chi connectivity index (χ2v) is 4.54. The molecule has 110 valence electrons.